The number of halogens is 3. The van der Waals surface area contributed by atoms with Crippen molar-refractivity contribution >= 4 is 17.8 Å². The molecule has 0 bridgehead atoms. The smallest absolute Gasteiger partial charge is 0.366 e. The van der Waals surface area contributed by atoms with Crippen LogP contribution in [0.3, 0.4) is 0 Å². The van der Waals surface area contributed by atoms with Crippen molar-refractivity contribution in [2.24, 2.45) is 5.73 Å². The summed E-state index contributed by atoms with van der Waals surface area (Å²) in [6.07, 6.45) is -3.88. The summed E-state index contributed by atoms with van der Waals surface area (Å²) in [7, 11) is 0. The van der Waals surface area contributed by atoms with Gasteiger partial charge in [-0.05, 0) is 48.1 Å². The van der Waals surface area contributed by atoms with Gasteiger partial charge in [0.05, 0.1) is 12.0 Å². The minimum atomic E-state index is -5.17. The van der Waals surface area contributed by atoms with Crippen LogP contribution in [0, 0.1) is 11.3 Å². The van der Waals surface area contributed by atoms with Gasteiger partial charge in [0.25, 0.3) is 0 Å². The lowest BCUT2D eigenvalue weighted by molar-refractivity contribution is -0.248. The zero-order valence-corrected chi connectivity index (χ0v) is 18.5. The molecule has 1 aliphatic rings. The van der Waals surface area contributed by atoms with E-state index in [2.05, 4.69) is 16.2 Å². The third-order valence-electron chi connectivity index (χ3n) is 5.64. The Kier molecular flexibility index (Phi) is 8.09. The maximum absolute atomic E-state index is 12.6. The normalized spacial score (nSPS) is 17.1. The Balaban J connectivity index is 1.62. The molecule has 35 heavy (non-hydrogen) atoms. The fourth-order valence-electron chi connectivity index (χ4n) is 3.73. The predicted octanol–water partition coefficient (Wildman–Crippen LogP) is 3.05. The van der Waals surface area contributed by atoms with E-state index in [9.17, 15) is 32.8 Å². The van der Waals surface area contributed by atoms with Crippen molar-refractivity contribution in [2.45, 2.75) is 37.4 Å². The van der Waals surface area contributed by atoms with Crippen molar-refractivity contribution in [1.29, 1.82) is 5.26 Å². The van der Waals surface area contributed by atoms with E-state index in [1.807, 2.05) is 0 Å². The van der Waals surface area contributed by atoms with Crippen molar-refractivity contribution in [2.75, 3.05) is 13.1 Å². The number of benzene rings is 2. The van der Waals surface area contributed by atoms with Crippen LogP contribution in [0.1, 0.15) is 41.1 Å². The molecule has 0 unspecified atom stereocenters. The van der Waals surface area contributed by atoms with Gasteiger partial charge in [-0.15, -0.1) is 5.06 Å². The van der Waals surface area contributed by atoms with Crippen LogP contribution in [0.4, 0.5) is 13.2 Å². The molecule has 8 nitrogen and oxygen atoms in total. The standard InChI is InChI=1S/C24H23F3N4O4/c25-24(26,27)23(34)35-31-12-2-1-3-20(31)22(33)30-14-19(13-28)17-6-4-15(5-7-17)16-8-10-18(11-9-16)21(29)32/h4-11,19-20H,1-3,12,14H2,(H2,29,32)(H,30,33)/t19-,20-/m0/s1. The van der Waals surface area contributed by atoms with Crippen molar-refractivity contribution in [3.8, 4) is 17.2 Å². The van der Waals surface area contributed by atoms with Crippen LogP contribution >= 0.6 is 0 Å². The summed E-state index contributed by atoms with van der Waals surface area (Å²) in [4.78, 5) is 39.4. The van der Waals surface area contributed by atoms with Crippen LogP contribution in [0.2, 0.25) is 0 Å². The highest BCUT2D eigenvalue weighted by Crippen LogP contribution is 2.25. The first kappa shape index (κ1) is 25.7. The minimum Gasteiger partial charge on any atom is -0.366 e. The Bertz CT molecular complexity index is 1110. The molecule has 0 aliphatic carbocycles. The highest BCUT2D eigenvalue weighted by Gasteiger charge is 2.44. The van der Waals surface area contributed by atoms with E-state index >= 15 is 0 Å². The van der Waals surface area contributed by atoms with E-state index < -0.39 is 35.9 Å². The molecule has 2 aromatic carbocycles. The third-order valence-corrected chi connectivity index (χ3v) is 5.64. The number of piperidine rings is 1. The quantitative estimate of drug-likeness (QED) is 0.617. The first-order chi connectivity index (χ1) is 16.6. The number of nitriles is 1. The number of rotatable bonds is 7. The summed E-state index contributed by atoms with van der Waals surface area (Å²) in [5.74, 6) is -4.23. The van der Waals surface area contributed by atoms with Gasteiger partial charge in [0, 0.05) is 18.7 Å². The molecule has 0 spiro atoms. The van der Waals surface area contributed by atoms with Gasteiger partial charge < -0.3 is 15.9 Å². The second-order valence-corrected chi connectivity index (χ2v) is 8.02. The lowest BCUT2D eigenvalue weighted by atomic mass is 9.96. The lowest BCUT2D eigenvalue weighted by Gasteiger charge is -2.32. The minimum absolute atomic E-state index is 0.00344. The molecule has 2 aromatic rings. The number of primary amides is 1. The van der Waals surface area contributed by atoms with E-state index in [4.69, 9.17) is 5.73 Å². The van der Waals surface area contributed by atoms with Gasteiger partial charge in [-0.25, -0.2) is 4.79 Å². The monoisotopic (exact) mass is 488 g/mol. The Hall–Kier alpha value is -3.91. The van der Waals surface area contributed by atoms with E-state index in [1.165, 1.54) is 0 Å². The molecule has 1 heterocycles. The summed E-state index contributed by atoms with van der Waals surface area (Å²) in [6.45, 7) is -0.0665. The third kappa shape index (κ3) is 6.58. The second kappa shape index (κ2) is 11.0. The highest BCUT2D eigenvalue weighted by atomic mass is 19.4. The SMILES string of the molecule is N#C[C@@H](CNC(=O)[C@@H]1CCCCN1OC(=O)C(F)(F)F)c1ccc(-c2ccc(C(N)=O)cc2)cc1. The molecule has 2 amide bonds. The zero-order chi connectivity index (χ0) is 25.6. The average Bonchev–Trinajstić information content (AvgIpc) is 2.84. The molecule has 3 rings (SSSR count). The molecular weight excluding hydrogens is 465 g/mol. The summed E-state index contributed by atoms with van der Waals surface area (Å²) >= 11 is 0. The number of amides is 2. The number of carbonyl (C=O) groups is 3. The summed E-state index contributed by atoms with van der Waals surface area (Å²) in [5, 5.41) is 12.9. The van der Waals surface area contributed by atoms with Gasteiger partial charge >= 0.3 is 12.1 Å². The van der Waals surface area contributed by atoms with Crippen molar-refractivity contribution in [3.05, 3.63) is 59.7 Å². The molecule has 0 aromatic heterocycles. The first-order valence-corrected chi connectivity index (χ1v) is 10.8. The van der Waals surface area contributed by atoms with Crippen LogP contribution in [-0.2, 0) is 14.4 Å². The zero-order valence-electron chi connectivity index (χ0n) is 18.5. The number of hydrogen-bond acceptors (Lipinski definition) is 6. The summed E-state index contributed by atoms with van der Waals surface area (Å²) in [6, 6.07) is 14.8. The number of carbonyl (C=O) groups excluding carboxylic acids is 3. The first-order valence-electron chi connectivity index (χ1n) is 10.8. The molecule has 0 saturated carbocycles. The van der Waals surface area contributed by atoms with E-state index in [0.29, 0.717) is 24.0 Å². The van der Waals surface area contributed by atoms with E-state index in [-0.39, 0.29) is 19.5 Å². The van der Waals surface area contributed by atoms with Crippen LogP contribution in [0.5, 0.6) is 0 Å². The van der Waals surface area contributed by atoms with Crippen molar-refractivity contribution in [3.63, 3.8) is 0 Å². The van der Waals surface area contributed by atoms with Gasteiger partial charge in [0.1, 0.15) is 6.04 Å². The van der Waals surface area contributed by atoms with Crippen LogP contribution in [0.25, 0.3) is 11.1 Å². The summed E-state index contributed by atoms with van der Waals surface area (Å²) < 4.78 is 37.6. The highest BCUT2D eigenvalue weighted by molar-refractivity contribution is 5.93. The van der Waals surface area contributed by atoms with Gasteiger partial charge in [-0.1, -0.05) is 36.4 Å². The average molecular weight is 488 g/mol. The molecule has 1 saturated heterocycles. The van der Waals surface area contributed by atoms with Gasteiger partial charge in [-0.2, -0.15) is 18.4 Å². The molecule has 2 atom stereocenters. The maximum Gasteiger partial charge on any atom is 0.492 e. The van der Waals surface area contributed by atoms with E-state index in [1.54, 1.807) is 48.5 Å². The number of nitrogens with zero attached hydrogens (tertiary/aromatic N) is 2. The van der Waals surface area contributed by atoms with Crippen molar-refractivity contribution < 1.29 is 32.4 Å². The number of nitrogens with two attached hydrogens (primary N) is 1. The number of nitrogens with one attached hydrogen (secondary N) is 1. The Morgan fingerprint density at radius 3 is 2.23 bits per heavy atom. The Morgan fingerprint density at radius 2 is 1.69 bits per heavy atom. The Labute approximate surface area is 199 Å². The van der Waals surface area contributed by atoms with Crippen LogP contribution in [0.15, 0.2) is 48.5 Å². The largest absolute Gasteiger partial charge is 0.492 e. The van der Waals surface area contributed by atoms with Crippen LogP contribution in [-0.4, -0.2) is 48.2 Å². The van der Waals surface area contributed by atoms with E-state index in [0.717, 1.165) is 16.2 Å². The maximum atomic E-state index is 12.6. The van der Waals surface area contributed by atoms with Crippen LogP contribution < -0.4 is 11.1 Å². The van der Waals surface area contributed by atoms with Gasteiger partial charge in [0.15, 0.2) is 0 Å². The topological polar surface area (TPSA) is 126 Å². The van der Waals surface area contributed by atoms with Crippen molar-refractivity contribution in [1.82, 2.24) is 10.4 Å². The molecular formula is C24H23F3N4O4. The molecule has 0 radical (unpaired) electrons. The predicted molar refractivity (Wildman–Crippen MR) is 118 cm³/mol. The Morgan fingerprint density at radius 1 is 1.09 bits per heavy atom. The number of hydrogen-bond donors (Lipinski definition) is 2. The van der Waals surface area contributed by atoms with Gasteiger partial charge in [0.2, 0.25) is 11.8 Å². The number of alkyl halides is 3. The molecule has 11 heteroatoms. The van der Waals surface area contributed by atoms with Gasteiger partial charge in [-0.3, -0.25) is 9.59 Å². The molecule has 3 N–H and O–H groups in total. The second-order valence-electron chi connectivity index (χ2n) is 8.02. The lowest BCUT2D eigenvalue weighted by Crippen LogP contribution is -2.51. The fourth-order valence-corrected chi connectivity index (χ4v) is 3.73. The fraction of sp³-hybridized carbons (Fsp3) is 0.333. The summed E-state index contributed by atoms with van der Waals surface area (Å²) in [5.41, 5.74) is 7.95. The molecule has 184 valence electrons. The molecule has 1 aliphatic heterocycles. The number of hydroxylamine groups is 2. The molecule has 1 fully saturated rings.